The summed E-state index contributed by atoms with van der Waals surface area (Å²) in [4.78, 5) is 31.2. The van der Waals surface area contributed by atoms with Gasteiger partial charge in [0.05, 0.1) is 10.6 Å². The molecular formula is C16H12N4O3S. The number of amides is 1. The van der Waals surface area contributed by atoms with Gasteiger partial charge in [-0.1, -0.05) is 12.1 Å². The Bertz CT molecular complexity index is 909. The monoisotopic (exact) mass is 340 g/mol. The molecule has 0 aliphatic heterocycles. The summed E-state index contributed by atoms with van der Waals surface area (Å²) in [5.41, 5.74) is 1.99. The first-order valence-corrected chi connectivity index (χ1v) is 7.86. The van der Waals surface area contributed by atoms with E-state index in [1.165, 1.54) is 17.4 Å². The van der Waals surface area contributed by atoms with Crippen molar-refractivity contribution in [1.82, 2.24) is 9.97 Å². The molecular weight excluding hydrogens is 328 g/mol. The molecule has 0 atom stereocenters. The number of pyridine rings is 1. The Hall–Kier alpha value is -3.13. The van der Waals surface area contributed by atoms with Crippen molar-refractivity contribution >= 4 is 28.1 Å². The molecule has 0 aliphatic rings. The predicted molar refractivity (Wildman–Crippen MR) is 91.1 cm³/mol. The summed E-state index contributed by atoms with van der Waals surface area (Å²) in [7, 11) is 0. The number of nitrogens with zero attached hydrogens (tertiary/aromatic N) is 3. The average Bonchev–Trinajstić information content (AvgIpc) is 3.04. The molecule has 2 aromatic heterocycles. The van der Waals surface area contributed by atoms with Gasteiger partial charge in [-0.25, -0.2) is 4.98 Å². The number of carbonyl (C=O) groups excluding carboxylic acids is 1. The molecule has 2 heterocycles. The van der Waals surface area contributed by atoms with E-state index in [0.29, 0.717) is 22.1 Å². The maximum Gasteiger partial charge on any atom is 0.273 e. The lowest BCUT2D eigenvalue weighted by Gasteiger charge is -2.03. The van der Waals surface area contributed by atoms with E-state index in [2.05, 4.69) is 15.3 Å². The minimum Gasteiger partial charge on any atom is -0.298 e. The highest BCUT2D eigenvalue weighted by molar-refractivity contribution is 7.14. The Morgan fingerprint density at radius 1 is 1.25 bits per heavy atom. The molecule has 3 aromatic rings. The first kappa shape index (κ1) is 15.8. The predicted octanol–water partition coefficient (Wildman–Crippen LogP) is 3.67. The van der Waals surface area contributed by atoms with Crippen LogP contribution in [0.4, 0.5) is 10.8 Å². The molecule has 0 spiro atoms. The van der Waals surface area contributed by atoms with Crippen molar-refractivity contribution in [2.24, 2.45) is 0 Å². The van der Waals surface area contributed by atoms with Crippen molar-refractivity contribution in [2.45, 2.75) is 6.92 Å². The van der Waals surface area contributed by atoms with Gasteiger partial charge in [-0.2, -0.15) is 0 Å². The van der Waals surface area contributed by atoms with E-state index in [1.54, 1.807) is 30.6 Å². The van der Waals surface area contributed by atoms with Crippen LogP contribution < -0.4 is 5.32 Å². The Balaban J connectivity index is 1.80. The second-order valence-electron chi connectivity index (χ2n) is 4.97. The largest absolute Gasteiger partial charge is 0.298 e. The third-order valence-corrected chi connectivity index (χ3v) is 4.08. The van der Waals surface area contributed by atoms with Crippen LogP contribution in [0.3, 0.4) is 0 Å². The molecule has 24 heavy (non-hydrogen) atoms. The fourth-order valence-electron chi connectivity index (χ4n) is 2.08. The summed E-state index contributed by atoms with van der Waals surface area (Å²) in [6, 6.07) is 9.84. The van der Waals surface area contributed by atoms with Crippen LogP contribution >= 0.6 is 11.3 Å². The molecule has 0 bridgehead atoms. The first-order valence-electron chi connectivity index (χ1n) is 6.98. The molecule has 3 rings (SSSR count). The SMILES string of the molecule is Cc1ccc(C(=O)Nc2nc(-c3ccccn3)cs2)cc1[N+](=O)[O-]. The van der Waals surface area contributed by atoms with Crippen LogP contribution in [0.2, 0.25) is 0 Å². The maximum atomic E-state index is 12.3. The van der Waals surface area contributed by atoms with Gasteiger partial charge in [0.25, 0.3) is 11.6 Å². The summed E-state index contributed by atoms with van der Waals surface area (Å²) in [5.74, 6) is -0.444. The van der Waals surface area contributed by atoms with Crippen LogP contribution in [0, 0.1) is 17.0 Å². The molecule has 0 fully saturated rings. The number of rotatable bonds is 4. The van der Waals surface area contributed by atoms with E-state index in [-0.39, 0.29) is 11.3 Å². The third kappa shape index (κ3) is 3.28. The van der Waals surface area contributed by atoms with Crippen molar-refractivity contribution in [3.63, 3.8) is 0 Å². The maximum absolute atomic E-state index is 12.3. The van der Waals surface area contributed by atoms with Crippen molar-refractivity contribution < 1.29 is 9.72 Å². The van der Waals surface area contributed by atoms with Gasteiger partial charge in [0.1, 0.15) is 5.69 Å². The molecule has 7 nitrogen and oxygen atoms in total. The van der Waals surface area contributed by atoms with Crippen molar-refractivity contribution in [2.75, 3.05) is 5.32 Å². The molecule has 8 heteroatoms. The molecule has 0 saturated carbocycles. The van der Waals surface area contributed by atoms with E-state index >= 15 is 0 Å². The second kappa shape index (κ2) is 6.55. The smallest absolute Gasteiger partial charge is 0.273 e. The lowest BCUT2D eigenvalue weighted by molar-refractivity contribution is -0.385. The van der Waals surface area contributed by atoms with Crippen LogP contribution in [0.15, 0.2) is 48.0 Å². The van der Waals surface area contributed by atoms with Gasteiger partial charge in [-0.3, -0.25) is 25.2 Å². The molecule has 1 N–H and O–H groups in total. The van der Waals surface area contributed by atoms with E-state index in [9.17, 15) is 14.9 Å². The zero-order valence-corrected chi connectivity index (χ0v) is 13.4. The lowest BCUT2D eigenvalue weighted by Crippen LogP contribution is -2.12. The summed E-state index contributed by atoms with van der Waals surface area (Å²) in [5, 5.41) is 15.8. The Morgan fingerprint density at radius 2 is 2.08 bits per heavy atom. The van der Waals surface area contributed by atoms with E-state index in [1.807, 2.05) is 18.2 Å². The topological polar surface area (TPSA) is 98.0 Å². The zero-order chi connectivity index (χ0) is 17.1. The Kier molecular flexibility index (Phi) is 4.30. The highest BCUT2D eigenvalue weighted by Gasteiger charge is 2.16. The first-order chi connectivity index (χ1) is 11.5. The number of aryl methyl sites for hydroxylation is 1. The van der Waals surface area contributed by atoms with E-state index in [0.717, 1.165) is 0 Å². The van der Waals surface area contributed by atoms with Crippen molar-refractivity contribution in [3.05, 3.63) is 69.2 Å². The summed E-state index contributed by atoms with van der Waals surface area (Å²) in [6.45, 7) is 1.62. The highest BCUT2D eigenvalue weighted by atomic mass is 32.1. The number of hydrogen-bond acceptors (Lipinski definition) is 6. The number of carbonyl (C=O) groups is 1. The number of benzene rings is 1. The minimum atomic E-state index is -0.505. The summed E-state index contributed by atoms with van der Waals surface area (Å²) < 4.78 is 0. The Labute approximate surface area is 141 Å². The van der Waals surface area contributed by atoms with Crippen LogP contribution in [0.25, 0.3) is 11.4 Å². The number of hydrogen-bond donors (Lipinski definition) is 1. The van der Waals surface area contributed by atoms with Crippen LogP contribution in [0.5, 0.6) is 0 Å². The number of aromatic nitrogens is 2. The number of nitro benzene ring substituents is 1. The van der Waals surface area contributed by atoms with E-state index in [4.69, 9.17) is 0 Å². The molecule has 0 radical (unpaired) electrons. The van der Waals surface area contributed by atoms with E-state index < -0.39 is 10.8 Å². The molecule has 1 aromatic carbocycles. The van der Waals surface area contributed by atoms with Gasteiger partial charge >= 0.3 is 0 Å². The Morgan fingerprint density at radius 3 is 2.79 bits per heavy atom. The van der Waals surface area contributed by atoms with Gasteiger partial charge in [-0.05, 0) is 25.1 Å². The number of nitro groups is 1. The number of anilines is 1. The van der Waals surface area contributed by atoms with Crippen LogP contribution in [-0.4, -0.2) is 20.8 Å². The molecule has 0 aliphatic carbocycles. The molecule has 120 valence electrons. The van der Waals surface area contributed by atoms with Crippen LogP contribution in [0.1, 0.15) is 15.9 Å². The summed E-state index contributed by atoms with van der Waals surface area (Å²) >= 11 is 1.26. The third-order valence-electron chi connectivity index (χ3n) is 3.32. The van der Waals surface area contributed by atoms with Crippen LogP contribution in [-0.2, 0) is 0 Å². The van der Waals surface area contributed by atoms with Gasteiger partial charge in [0, 0.05) is 28.8 Å². The molecule has 0 unspecified atom stereocenters. The van der Waals surface area contributed by atoms with Gasteiger partial charge in [0.2, 0.25) is 0 Å². The van der Waals surface area contributed by atoms with Gasteiger partial charge in [-0.15, -0.1) is 11.3 Å². The quantitative estimate of drug-likeness (QED) is 0.577. The normalized spacial score (nSPS) is 10.4. The highest BCUT2D eigenvalue weighted by Crippen LogP contribution is 2.24. The zero-order valence-electron chi connectivity index (χ0n) is 12.6. The lowest BCUT2D eigenvalue weighted by atomic mass is 10.1. The van der Waals surface area contributed by atoms with Gasteiger partial charge < -0.3 is 0 Å². The van der Waals surface area contributed by atoms with Crippen molar-refractivity contribution in [3.8, 4) is 11.4 Å². The fraction of sp³-hybridized carbons (Fsp3) is 0.0625. The summed E-state index contributed by atoms with van der Waals surface area (Å²) in [6.07, 6.45) is 1.67. The van der Waals surface area contributed by atoms with Gasteiger partial charge in [0.15, 0.2) is 5.13 Å². The minimum absolute atomic E-state index is 0.0871. The number of thiazole rings is 1. The van der Waals surface area contributed by atoms with Crippen molar-refractivity contribution in [1.29, 1.82) is 0 Å². The average molecular weight is 340 g/mol. The number of nitrogens with one attached hydrogen (secondary N) is 1. The fourth-order valence-corrected chi connectivity index (χ4v) is 2.78. The molecule has 1 amide bonds. The molecule has 0 saturated heterocycles. The second-order valence-corrected chi connectivity index (χ2v) is 5.82. The standard InChI is InChI=1S/C16H12N4O3S/c1-10-5-6-11(8-14(10)20(22)23)15(21)19-16-18-13(9-24-16)12-4-2-3-7-17-12/h2-9H,1H3,(H,18,19,21).